The monoisotopic (exact) mass is 344 g/mol. The lowest BCUT2D eigenvalue weighted by Gasteiger charge is -2.10. The number of hydrogen-bond donors (Lipinski definition) is 2. The SMILES string of the molecule is CNCc1ccc(Cl)c(S(=O)(=O)NCc2sccc2C)c1. The molecule has 2 rings (SSSR count). The van der Waals surface area contributed by atoms with E-state index in [4.69, 9.17) is 11.6 Å². The first kappa shape index (κ1) is 16.5. The molecule has 114 valence electrons. The van der Waals surface area contributed by atoms with Crippen molar-refractivity contribution >= 4 is 33.0 Å². The zero-order chi connectivity index (χ0) is 15.5. The van der Waals surface area contributed by atoms with E-state index in [-0.39, 0.29) is 16.5 Å². The van der Waals surface area contributed by atoms with Gasteiger partial charge < -0.3 is 5.32 Å². The molecule has 0 amide bonds. The molecule has 1 heterocycles. The molecule has 0 aliphatic heterocycles. The van der Waals surface area contributed by atoms with Crippen LogP contribution >= 0.6 is 22.9 Å². The Hall–Kier alpha value is -0.920. The summed E-state index contributed by atoms with van der Waals surface area (Å²) in [6.45, 7) is 2.82. The van der Waals surface area contributed by atoms with E-state index in [9.17, 15) is 8.42 Å². The molecule has 0 aliphatic rings. The summed E-state index contributed by atoms with van der Waals surface area (Å²) in [6, 6.07) is 6.98. The van der Waals surface area contributed by atoms with Crippen molar-refractivity contribution in [3.05, 3.63) is 50.7 Å². The summed E-state index contributed by atoms with van der Waals surface area (Å²) in [5.41, 5.74) is 1.95. The third-order valence-corrected chi connectivity index (χ3v) is 5.96. The second-order valence-electron chi connectivity index (χ2n) is 4.65. The zero-order valence-corrected chi connectivity index (χ0v) is 14.2. The quantitative estimate of drug-likeness (QED) is 0.847. The maximum atomic E-state index is 12.4. The predicted molar refractivity (Wildman–Crippen MR) is 87.3 cm³/mol. The number of thiophene rings is 1. The van der Waals surface area contributed by atoms with Crippen LogP contribution < -0.4 is 10.0 Å². The summed E-state index contributed by atoms with van der Waals surface area (Å²) >= 11 is 7.57. The Morgan fingerprint density at radius 3 is 2.62 bits per heavy atom. The van der Waals surface area contributed by atoms with E-state index in [0.717, 1.165) is 16.0 Å². The highest BCUT2D eigenvalue weighted by molar-refractivity contribution is 7.89. The Bertz CT molecular complexity index is 726. The summed E-state index contributed by atoms with van der Waals surface area (Å²) < 4.78 is 27.4. The van der Waals surface area contributed by atoms with E-state index >= 15 is 0 Å². The highest BCUT2D eigenvalue weighted by Gasteiger charge is 2.18. The van der Waals surface area contributed by atoms with Crippen LogP contribution in [0.1, 0.15) is 16.0 Å². The molecule has 2 aromatic rings. The van der Waals surface area contributed by atoms with Gasteiger partial charge in [-0.25, -0.2) is 13.1 Å². The lowest BCUT2D eigenvalue weighted by atomic mass is 10.2. The second-order valence-corrected chi connectivity index (χ2v) is 7.79. The molecule has 0 saturated heterocycles. The zero-order valence-electron chi connectivity index (χ0n) is 11.8. The molecule has 0 radical (unpaired) electrons. The molecule has 0 fully saturated rings. The Morgan fingerprint density at radius 2 is 2.00 bits per heavy atom. The maximum absolute atomic E-state index is 12.4. The van der Waals surface area contributed by atoms with Gasteiger partial charge in [-0.05, 0) is 48.7 Å². The average Bonchev–Trinajstić information content (AvgIpc) is 2.84. The lowest BCUT2D eigenvalue weighted by molar-refractivity contribution is 0.581. The minimum absolute atomic E-state index is 0.117. The van der Waals surface area contributed by atoms with Gasteiger partial charge in [0.05, 0.1) is 5.02 Å². The van der Waals surface area contributed by atoms with Gasteiger partial charge in [0.1, 0.15) is 4.90 Å². The van der Waals surface area contributed by atoms with Crippen LogP contribution in [-0.4, -0.2) is 15.5 Å². The number of aryl methyl sites for hydroxylation is 1. The maximum Gasteiger partial charge on any atom is 0.242 e. The molecule has 4 nitrogen and oxygen atoms in total. The number of hydrogen-bond acceptors (Lipinski definition) is 4. The molecule has 1 aromatic heterocycles. The Morgan fingerprint density at radius 1 is 1.24 bits per heavy atom. The normalized spacial score (nSPS) is 11.8. The molecule has 21 heavy (non-hydrogen) atoms. The van der Waals surface area contributed by atoms with Crippen LogP contribution in [0.2, 0.25) is 5.02 Å². The van der Waals surface area contributed by atoms with E-state index in [1.54, 1.807) is 25.2 Å². The summed E-state index contributed by atoms with van der Waals surface area (Å²) in [5, 5.41) is 5.16. The van der Waals surface area contributed by atoms with Gasteiger partial charge in [-0.3, -0.25) is 0 Å². The highest BCUT2D eigenvalue weighted by Crippen LogP contribution is 2.23. The van der Waals surface area contributed by atoms with Crippen molar-refractivity contribution in [2.75, 3.05) is 7.05 Å². The van der Waals surface area contributed by atoms with Crippen LogP contribution in [0.5, 0.6) is 0 Å². The molecule has 0 saturated carbocycles. The van der Waals surface area contributed by atoms with E-state index in [1.807, 2.05) is 18.4 Å². The molecule has 0 aliphatic carbocycles. The van der Waals surface area contributed by atoms with Crippen molar-refractivity contribution in [3.8, 4) is 0 Å². The van der Waals surface area contributed by atoms with Crippen molar-refractivity contribution in [2.45, 2.75) is 24.9 Å². The first-order valence-corrected chi connectivity index (χ1v) is 9.14. The van der Waals surface area contributed by atoms with Crippen molar-refractivity contribution in [1.29, 1.82) is 0 Å². The fourth-order valence-electron chi connectivity index (χ4n) is 1.89. The van der Waals surface area contributed by atoms with E-state index in [1.165, 1.54) is 11.3 Å². The Labute approximate surface area is 134 Å². The minimum Gasteiger partial charge on any atom is -0.316 e. The third kappa shape index (κ3) is 4.05. The van der Waals surface area contributed by atoms with Crippen LogP contribution in [0.4, 0.5) is 0 Å². The summed E-state index contributed by atoms with van der Waals surface area (Å²) in [7, 11) is -1.82. The smallest absolute Gasteiger partial charge is 0.242 e. The van der Waals surface area contributed by atoms with Crippen LogP contribution in [0.15, 0.2) is 34.5 Å². The number of halogens is 1. The van der Waals surface area contributed by atoms with Crippen LogP contribution in [-0.2, 0) is 23.1 Å². The van der Waals surface area contributed by atoms with Crippen molar-refractivity contribution in [2.24, 2.45) is 0 Å². The minimum atomic E-state index is -3.63. The van der Waals surface area contributed by atoms with Gasteiger partial charge in [0, 0.05) is 18.0 Å². The van der Waals surface area contributed by atoms with Gasteiger partial charge in [-0.15, -0.1) is 11.3 Å². The van der Waals surface area contributed by atoms with E-state index in [2.05, 4.69) is 10.0 Å². The average molecular weight is 345 g/mol. The predicted octanol–water partition coefficient (Wildman–Crippen LogP) is 2.91. The van der Waals surface area contributed by atoms with Crippen LogP contribution in [0, 0.1) is 6.92 Å². The summed E-state index contributed by atoms with van der Waals surface area (Å²) in [6.07, 6.45) is 0. The summed E-state index contributed by atoms with van der Waals surface area (Å²) in [5.74, 6) is 0. The van der Waals surface area contributed by atoms with Crippen molar-refractivity contribution in [3.63, 3.8) is 0 Å². The number of rotatable bonds is 6. The van der Waals surface area contributed by atoms with Gasteiger partial charge >= 0.3 is 0 Å². The first-order valence-electron chi connectivity index (χ1n) is 6.39. The van der Waals surface area contributed by atoms with Crippen LogP contribution in [0.3, 0.4) is 0 Å². The van der Waals surface area contributed by atoms with Gasteiger partial charge in [-0.1, -0.05) is 17.7 Å². The number of benzene rings is 1. The van der Waals surface area contributed by atoms with Gasteiger partial charge in [-0.2, -0.15) is 0 Å². The molecule has 0 unspecified atom stereocenters. The van der Waals surface area contributed by atoms with E-state index < -0.39 is 10.0 Å². The van der Waals surface area contributed by atoms with Gasteiger partial charge in [0.25, 0.3) is 0 Å². The molecule has 0 bridgehead atoms. The van der Waals surface area contributed by atoms with Crippen molar-refractivity contribution < 1.29 is 8.42 Å². The van der Waals surface area contributed by atoms with E-state index in [0.29, 0.717) is 6.54 Å². The largest absolute Gasteiger partial charge is 0.316 e. The highest BCUT2D eigenvalue weighted by atomic mass is 35.5. The molecular weight excluding hydrogens is 328 g/mol. The van der Waals surface area contributed by atoms with Crippen molar-refractivity contribution in [1.82, 2.24) is 10.0 Å². The Balaban J connectivity index is 2.22. The first-order chi connectivity index (χ1) is 9.94. The molecule has 7 heteroatoms. The standard InChI is InChI=1S/C14H17ClN2O2S2/c1-10-5-6-20-13(10)9-17-21(18,19)14-7-11(8-16-2)3-4-12(14)15/h3-7,16-17H,8-9H2,1-2H3. The molecule has 1 aromatic carbocycles. The lowest BCUT2D eigenvalue weighted by Crippen LogP contribution is -2.23. The molecule has 2 N–H and O–H groups in total. The fourth-order valence-corrected chi connectivity index (χ4v) is 4.37. The number of sulfonamides is 1. The Kier molecular flexibility index (Phi) is 5.40. The fraction of sp³-hybridized carbons (Fsp3) is 0.286. The molecular formula is C14H17ClN2O2S2. The molecule has 0 spiro atoms. The van der Waals surface area contributed by atoms with Gasteiger partial charge in [0.2, 0.25) is 10.0 Å². The third-order valence-electron chi connectivity index (χ3n) is 3.06. The van der Waals surface area contributed by atoms with Gasteiger partial charge in [0.15, 0.2) is 0 Å². The van der Waals surface area contributed by atoms with Crippen LogP contribution in [0.25, 0.3) is 0 Å². The topological polar surface area (TPSA) is 58.2 Å². The second kappa shape index (κ2) is 6.89. The molecule has 0 atom stereocenters. The summed E-state index contributed by atoms with van der Waals surface area (Å²) in [4.78, 5) is 1.12. The number of nitrogens with one attached hydrogen (secondary N) is 2.